The molecule has 1 atom stereocenters. The molecule has 0 saturated carbocycles. The van der Waals surface area contributed by atoms with E-state index in [0.717, 1.165) is 19.4 Å². The van der Waals surface area contributed by atoms with Gasteiger partial charge in [-0.3, -0.25) is 4.79 Å². The minimum Gasteiger partial charge on any atom is -0.493 e. The van der Waals surface area contributed by atoms with Crippen LogP contribution in [0.5, 0.6) is 17.2 Å². The molecule has 5 nitrogen and oxygen atoms in total. The molecule has 140 valence electrons. The molecule has 0 aromatic heterocycles. The second kappa shape index (κ2) is 9.40. The van der Waals surface area contributed by atoms with Crippen molar-refractivity contribution in [3.8, 4) is 17.2 Å². The monoisotopic (exact) mass is 380 g/mol. The van der Waals surface area contributed by atoms with Gasteiger partial charge in [0.2, 0.25) is 5.91 Å². The van der Waals surface area contributed by atoms with Crippen LogP contribution in [0.4, 0.5) is 10.1 Å². The molecule has 2 aromatic carbocycles. The summed E-state index contributed by atoms with van der Waals surface area (Å²) in [6.07, 6.45) is 2.47. The van der Waals surface area contributed by atoms with Crippen LogP contribution in [0.2, 0.25) is 0 Å². The van der Waals surface area contributed by atoms with Crippen molar-refractivity contribution in [1.82, 2.24) is 5.32 Å². The first kappa shape index (κ1) is 20.0. The van der Waals surface area contributed by atoms with Crippen LogP contribution >= 0.6 is 12.4 Å². The number of rotatable bonds is 6. The fraction of sp³-hybridized carbons (Fsp3) is 0.316. The van der Waals surface area contributed by atoms with Gasteiger partial charge in [-0.2, -0.15) is 0 Å². The van der Waals surface area contributed by atoms with Crippen LogP contribution < -0.4 is 20.1 Å². The smallest absolute Gasteiger partial charge is 0.225 e. The van der Waals surface area contributed by atoms with Gasteiger partial charge in [0.05, 0.1) is 7.11 Å². The Balaban J connectivity index is 0.00000243. The van der Waals surface area contributed by atoms with Gasteiger partial charge in [0.25, 0.3) is 0 Å². The zero-order chi connectivity index (χ0) is 17.6. The maximum absolute atomic E-state index is 14.3. The zero-order valence-electron chi connectivity index (χ0n) is 14.5. The Bertz CT molecular complexity index is 751. The van der Waals surface area contributed by atoms with Gasteiger partial charge in [-0.15, -0.1) is 12.4 Å². The quantitative estimate of drug-likeness (QED) is 0.791. The minimum atomic E-state index is -0.553. The van der Waals surface area contributed by atoms with Crippen LogP contribution in [0.15, 0.2) is 42.5 Å². The van der Waals surface area contributed by atoms with E-state index in [9.17, 15) is 9.18 Å². The van der Waals surface area contributed by atoms with Gasteiger partial charge in [0.15, 0.2) is 23.1 Å². The van der Waals surface area contributed by atoms with Crippen molar-refractivity contribution in [2.45, 2.75) is 25.3 Å². The van der Waals surface area contributed by atoms with E-state index in [1.807, 2.05) is 0 Å². The molecule has 0 bridgehead atoms. The summed E-state index contributed by atoms with van der Waals surface area (Å²) in [7, 11) is 1.52. The normalized spacial score (nSPS) is 15.8. The SMILES string of the molecule is COc1ccccc1Oc1ccc(NC(=O)CC2CCCN2)cc1F.Cl. The van der Waals surface area contributed by atoms with Crippen LogP contribution in [-0.4, -0.2) is 25.6 Å². The van der Waals surface area contributed by atoms with E-state index in [1.165, 1.54) is 19.2 Å². The molecule has 3 rings (SSSR count). The lowest BCUT2D eigenvalue weighted by Gasteiger charge is -2.13. The highest BCUT2D eigenvalue weighted by Gasteiger charge is 2.18. The standard InChI is InChI=1S/C19H21FN2O3.ClH/c1-24-17-6-2-3-7-18(17)25-16-9-8-14(11-15(16)20)22-19(23)12-13-5-4-10-21-13;/h2-3,6-9,11,13,21H,4-5,10,12H2,1H3,(H,22,23);1H. The first-order valence-electron chi connectivity index (χ1n) is 8.29. The molecule has 1 fully saturated rings. The van der Waals surface area contributed by atoms with Crippen molar-refractivity contribution in [3.63, 3.8) is 0 Å². The lowest BCUT2D eigenvalue weighted by Crippen LogP contribution is -2.27. The number of carbonyl (C=O) groups excluding carboxylic acids is 1. The van der Waals surface area contributed by atoms with Crippen molar-refractivity contribution >= 4 is 24.0 Å². The number of methoxy groups -OCH3 is 1. The van der Waals surface area contributed by atoms with E-state index in [-0.39, 0.29) is 30.1 Å². The summed E-state index contributed by atoms with van der Waals surface area (Å²) in [4.78, 5) is 12.0. The van der Waals surface area contributed by atoms with Crippen molar-refractivity contribution < 1.29 is 18.7 Å². The van der Waals surface area contributed by atoms with Gasteiger partial charge in [0.1, 0.15) is 0 Å². The predicted octanol–water partition coefficient (Wildman–Crippen LogP) is 4.13. The van der Waals surface area contributed by atoms with E-state index < -0.39 is 5.82 Å². The molecule has 2 N–H and O–H groups in total. The third kappa shape index (κ3) is 5.09. The summed E-state index contributed by atoms with van der Waals surface area (Å²) in [6, 6.07) is 11.6. The lowest BCUT2D eigenvalue weighted by atomic mass is 10.1. The molecular weight excluding hydrogens is 359 g/mol. The van der Waals surface area contributed by atoms with Gasteiger partial charge in [-0.25, -0.2) is 4.39 Å². The molecular formula is C19H22ClFN2O3. The molecule has 1 heterocycles. The Labute approximate surface area is 158 Å². The van der Waals surface area contributed by atoms with Crippen molar-refractivity contribution in [2.24, 2.45) is 0 Å². The highest BCUT2D eigenvalue weighted by atomic mass is 35.5. The Morgan fingerprint density at radius 1 is 1.23 bits per heavy atom. The summed E-state index contributed by atoms with van der Waals surface area (Å²) < 4.78 is 25.1. The fourth-order valence-corrected chi connectivity index (χ4v) is 2.85. The van der Waals surface area contributed by atoms with Crippen molar-refractivity contribution in [2.75, 3.05) is 19.0 Å². The molecule has 1 amide bonds. The maximum atomic E-state index is 14.3. The molecule has 7 heteroatoms. The molecule has 0 radical (unpaired) electrons. The number of hydrogen-bond donors (Lipinski definition) is 2. The number of halogens is 2. The van der Waals surface area contributed by atoms with Gasteiger partial charge in [-0.1, -0.05) is 12.1 Å². The third-order valence-electron chi connectivity index (χ3n) is 4.10. The van der Waals surface area contributed by atoms with Gasteiger partial charge in [-0.05, 0) is 43.7 Å². The molecule has 26 heavy (non-hydrogen) atoms. The molecule has 0 aliphatic carbocycles. The number of carbonyl (C=O) groups is 1. The van der Waals surface area contributed by atoms with E-state index >= 15 is 0 Å². The first-order valence-corrected chi connectivity index (χ1v) is 8.29. The van der Waals surface area contributed by atoms with Crippen molar-refractivity contribution in [3.05, 3.63) is 48.3 Å². The first-order chi connectivity index (χ1) is 12.2. The van der Waals surface area contributed by atoms with Crippen LogP contribution in [0.3, 0.4) is 0 Å². The van der Waals surface area contributed by atoms with Gasteiger partial charge < -0.3 is 20.1 Å². The van der Waals surface area contributed by atoms with Crippen LogP contribution in [0.25, 0.3) is 0 Å². The Kier molecular flexibility index (Phi) is 7.24. The Morgan fingerprint density at radius 3 is 2.65 bits per heavy atom. The number of amides is 1. The summed E-state index contributed by atoms with van der Waals surface area (Å²) in [6.45, 7) is 0.946. The zero-order valence-corrected chi connectivity index (χ0v) is 15.3. The summed E-state index contributed by atoms with van der Waals surface area (Å²) >= 11 is 0. The molecule has 1 unspecified atom stereocenters. The van der Waals surface area contributed by atoms with Crippen LogP contribution in [0, 0.1) is 5.82 Å². The van der Waals surface area contributed by atoms with Gasteiger partial charge >= 0.3 is 0 Å². The summed E-state index contributed by atoms with van der Waals surface area (Å²) in [5.41, 5.74) is 0.410. The average molecular weight is 381 g/mol. The fourth-order valence-electron chi connectivity index (χ4n) is 2.85. The molecule has 2 aromatic rings. The number of ether oxygens (including phenoxy) is 2. The Morgan fingerprint density at radius 2 is 2.00 bits per heavy atom. The highest BCUT2D eigenvalue weighted by molar-refractivity contribution is 5.91. The van der Waals surface area contributed by atoms with Crippen LogP contribution in [0.1, 0.15) is 19.3 Å². The highest BCUT2D eigenvalue weighted by Crippen LogP contribution is 2.33. The number of hydrogen-bond acceptors (Lipinski definition) is 4. The van der Waals surface area contributed by atoms with E-state index in [4.69, 9.17) is 9.47 Å². The second-order valence-electron chi connectivity index (χ2n) is 5.94. The number of anilines is 1. The maximum Gasteiger partial charge on any atom is 0.225 e. The predicted molar refractivity (Wildman–Crippen MR) is 101 cm³/mol. The van der Waals surface area contributed by atoms with Crippen molar-refractivity contribution in [1.29, 1.82) is 0 Å². The van der Waals surface area contributed by atoms with Crippen LogP contribution in [-0.2, 0) is 4.79 Å². The number of para-hydroxylation sites is 2. The second-order valence-corrected chi connectivity index (χ2v) is 5.94. The lowest BCUT2D eigenvalue weighted by molar-refractivity contribution is -0.116. The molecule has 0 spiro atoms. The number of benzene rings is 2. The molecule has 1 aliphatic heterocycles. The van der Waals surface area contributed by atoms with E-state index in [1.54, 1.807) is 30.3 Å². The van der Waals surface area contributed by atoms with Gasteiger partial charge in [0, 0.05) is 24.2 Å². The number of nitrogens with one attached hydrogen (secondary N) is 2. The topological polar surface area (TPSA) is 59.6 Å². The average Bonchev–Trinajstić information content (AvgIpc) is 3.10. The van der Waals surface area contributed by atoms with E-state index in [2.05, 4.69) is 10.6 Å². The minimum absolute atomic E-state index is 0. The third-order valence-corrected chi connectivity index (χ3v) is 4.10. The summed E-state index contributed by atoms with van der Waals surface area (Å²) in [5, 5.41) is 5.99. The molecule has 1 aliphatic rings. The molecule has 1 saturated heterocycles. The Hall–Kier alpha value is -2.31. The summed E-state index contributed by atoms with van der Waals surface area (Å²) in [5.74, 6) is 0.330. The van der Waals surface area contributed by atoms with E-state index in [0.29, 0.717) is 23.6 Å². The largest absolute Gasteiger partial charge is 0.493 e.